The maximum Gasteiger partial charge on any atom is 0.158 e. The molecule has 3 heteroatoms. The molecule has 0 saturated carbocycles. The van der Waals surface area contributed by atoms with Crippen molar-refractivity contribution in [3.63, 3.8) is 0 Å². The number of nitrogens with one attached hydrogen (secondary N) is 1. The summed E-state index contributed by atoms with van der Waals surface area (Å²) in [6.45, 7) is 9.33. The van der Waals surface area contributed by atoms with Gasteiger partial charge >= 0.3 is 0 Å². The van der Waals surface area contributed by atoms with Crippen LogP contribution in [0.15, 0.2) is 0 Å². The van der Waals surface area contributed by atoms with Crippen LogP contribution in [-0.2, 0) is 11.8 Å². The Morgan fingerprint density at radius 1 is 1.29 bits per heavy atom. The average Bonchev–Trinajstić information content (AvgIpc) is 2.25. The largest absolute Gasteiger partial charge is 0.341 e. The molecule has 0 amide bonds. The fraction of sp³-hybridized carbons (Fsp3) is 0.727. The molecular formula is C11H17NS2. The standard InChI is InChI=1S/C11H17NS2/c1-10(2)5-7-8(11(3,4)6-10)14-9(13)12-7/h5-6H2,1-4H3,(H,12,13). The van der Waals surface area contributed by atoms with E-state index >= 15 is 0 Å². The zero-order valence-corrected chi connectivity index (χ0v) is 10.9. The van der Waals surface area contributed by atoms with E-state index in [0.29, 0.717) is 5.41 Å². The van der Waals surface area contributed by atoms with Crippen LogP contribution < -0.4 is 0 Å². The zero-order valence-electron chi connectivity index (χ0n) is 9.23. The molecule has 1 aliphatic rings. The third-order valence-corrected chi connectivity index (χ3v) is 4.55. The molecule has 1 aromatic rings. The lowest BCUT2D eigenvalue weighted by Gasteiger charge is -2.39. The van der Waals surface area contributed by atoms with Gasteiger partial charge in [0.2, 0.25) is 0 Å². The third-order valence-electron chi connectivity index (χ3n) is 2.91. The molecule has 1 N–H and O–H groups in total. The van der Waals surface area contributed by atoms with E-state index in [-0.39, 0.29) is 5.41 Å². The summed E-state index contributed by atoms with van der Waals surface area (Å²) < 4.78 is 0.931. The number of rotatable bonds is 0. The van der Waals surface area contributed by atoms with E-state index in [4.69, 9.17) is 12.2 Å². The normalized spacial score (nSPS) is 23.1. The minimum atomic E-state index is 0.287. The molecule has 1 nitrogen and oxygen atoms in total. The number of aromatic nitrogens is 1. The van der Waals surface area contributed by atoms with E-state index in [1.807, 2.05) is 0 Å². The van der Waals surface area contributed by atoms with Crippen molar-refractivity contribution in [1.29, 1.82) is 0 Å². The molecular weight excluding hydrogens is 210 g/mol. The molecule has 0 fully saturated rings. The van der Waals surface area contributed by atoms with E-state index in [2.05, 4.69) is 32.7 Å². The lowest BCUT2D eigenvalue weighted by Crippen LogP contribution is -2.33. The minimum absolute atomic E-state index is 0.287. The van der Waals surface area contributed by atoms with Gasteiger partial charge in [-0.05, 0) is 30.5 Å². The van der Waals surface area contributed by atoms with Crippen molar-refractivity contribution in [3.05, 3.63) is 14.5 Å². The van der Waals surface area contributed by atoms with Crippen LogP contribution in [0.2, 0.25) is 0 Å². The molecule has 0 atom stereocenters. The first-order chi connectivity index (χ1) is 6.30. The highest BCUT2D eigenvalue weighted by molar-refractivity contribution is 7.73. The van der Waals surface area contributed by atoms with Crippen LogP contribution in [0.5, 0.6) is 0 Å². The summed E-state index contributed by atoms with van der Waals surface area (Å²) in [5.74, 6) is 0. The van der Waals surface area contributed by atoms with Crippen LogP contribution in [-0.4, -0.2) is 4.98 Å². The highest BCUT2D eigenvalue weighted by atomic mass is 32.1. The third kappa shape index (κ3) is 1.68. The summed E-state index contributed by atoms with van der Waals surface area (Å²) in [7, 11) is 0. The molecule has 1 aromatic heterocycles. The van der Waals surface area contributed by atoms with Gasteiger partial charge in [0.25, 0.3) is 0 Å². The van der Waals surface area contributed by atoms with Crippen LogP contribution in [0.1, 0.15) is 44.7 Å². The molecule has 0 bridgehead atoms. The smallest absolute Gasteiger partial charge is 0.158 e. The molecule has 0 saturated heterocycles. The SMILES string of the molecule is CC1(C)Cc2[nH]c(=S)sc2C(C)(C)C1. The van der Waals surface area contributed by atoms with Crippen molar-refractivity contribution in [2.24, 2.45) is 5.41 Å². The van der Waals surface area contributed by atoms with Gasteiger partial charge in [0, 0.05) is 16.0 Å². The van der Waals surface area contributed by atoms with Crippen LogP contribution in [0, 0.1) is 9.37 Å². The molecule has 0 spiro atoms. The second-order valence-electron chi connectivity index (χ2n) is 5.72. The zero-order chi connectivity index (χ0) is 10.6. The second kappa shape index (κ2) is 2.92. The minimum Gasteiger partial charge on any atom is -0.341 e. The summed E-state index contributed by atoms with van der Waals surface area (Å²) in [6.07, 6.45) is 2.38. The van der Waals surface area contributed by atoms with Gasteiger partial charge in [0.1, 0.15) is 0 Å². The number of hydrogen-bond acceptors (Lipinski definition) is 2. The first kappa shape index (κ1) is 10.4. The Balaban J connectivity index is 2.57. The Morgan fingerprint density at radius 2 is 1.93 bits per heavy atom. The summed E-state index contributed by atoms with van der Waals surface area (Å²) >= 11 is 6.98. The molecule has 0 unspecified atom stereocenters. The molecule has 78 valence electrons. The molecule has 0 radical (unpaired) electrons. The van der Waals surface area contributed by atoms with E-state index in [1.54, 1.807) is 11.3 Å². The van der Waals surface area contributed by atoms with Gasteiger partial charge in [-0.1, -0.05) is 27.7 Å². The Labute approximate surface area is 94.6 Å². The molecule has 1 heterocycles. The van der Waals surface area contributed by atoms with Crippen molar-refractivity contribution in [2.45, 2.75) is 46.0 Å². The molecule has 14 heavy (non-hydrogen) atoms. The highest BCUT2D eigenvalue weighted by Crippen LogP contribution is 2.46. The van der Waals surface area contributed by atoms with Crippen molar-refractivity contribution < 1.29 is 0 Å². The van der Waals surface area contributed by atoms with Crippen LogP contribution in [0.4, 0.5) is 0 Å². The molecule has 0 aliphatic heterocycles. The molecule has 2 rings (SSSR count). The van der Waals surface area contributed by atoms with E-state index in [0.717, 1.165) is 10.4 Å². The van der Waals surface area contributed by atoms with Gasteiger partial charge in [-0.25, -0.2) is 0 Å². The number of fused-ring (bicyclic) bond motifs is 1. The van der Waals surface area contributed by atoms with Crippen molar-refractivity contribution in [1.82, 2.24) is 4.98 Å². The monoisotopic (exact) mass is 227 g/mol. The molecule has 1 aliphatic carbocycles. The van der Waals surface area contributed by atoms with Crippen LogP contribution in [0.3, 0.4) is 0 Å². The number of thiazole rings is 1. The average molecular weight is 227 g/mol. The topological polar surface area (TPSA) is 15.8 Å². The van der Waals surface area contributed by atoms with Gasteiger partial charge in [0.15, 0.2) is 3.95 Å². The van der Waals surface area contributed by atoms with Gasteiger partial charge < -0.3 is 4.98 Å². The quantitative estimate of drug-likeness (QED) is 0.661. The fourth-order valence-electron chi connectivity index (χ4n) is 2.85. The van der Waals surface area contributed by atoms with Crippen molar-refractivity contribution >= 4 is 23.6 Å². The van der Waals surface area contributed by atoms with Gasteiger partial charge in [-0.15, -0.1) is 11.3 Å². The maximum atomic E-state index is 5.22. The Bertz CT molecular complexity index is 409. The number of hydrogen-bond donors (Lipinski definition) is 1. The molecule has 0 aromatic carbocycles. The highest BCUT2D eigenvalue weighted by Gasteiger charge is 2.38. The fourth-order valence-corrected chi connectivity index (χ4v) is 4.18. The number of aromatic amines is 1. The maximum absolute atomic E-state index is 5.22. The first-order valence-corrected chi connectivity index (χ1v) is 6.25. The van der Waals surface area contributed by atoms with Gasteiger partial charge in [0.05, 0.1) is 0 Å². The summed E-state index contributed by atoms with van der Waals surface area (Å²) in [6, 6.07) is 0. The predicted octanol–water partition coefficient (Wildman–Crippen LogP) is 4.06. The van der Waals surface area contributed by atoms with Crippen LogP contribution in [0.25, 0.3) is 0 Å². The number of H-pyrrole nitrogens is 1. The van der Waals surface area contributed by atoms with Crippen molar-refractivity contribution in [2.75, 3.05) is 0 Å². The van der Waals surface area contributed by atoms with E-state index in [1.165, 1.54) is 17.0 Å². The van der Waals surface area contributed by atoms with Crippen LogP contribution >= 0.6 is 23.6 Å². The van der Waals surface area contributed by atoms with E-state index < -0.39 is 0 Å². The Kier molecular flexibility index (Phi) is 2.16. The van der Waals surface area contributed by atoms with Gasteiger partial charge in [-0.2, -0.15) is 0 Å². The predicted molar refractivity (Wildman–Crippen MR) is 64.6 cm³/mol. The van der Waals surface area contributed by atoms with Crippen molar-refractivity contribution in [3.8, 4) is 0 Å². The lowest BCUT2D eigenvalue weighted by atomic mass is 9.67. The summed E-state index contributed by atoms with van der Waals surface area (Å²) in [5.41, 5.74) is 2.06. The van der Waals surface area contributed by atoms with Gasteiger partial charge in [-0.3, -0.25) is 0 Å². The first-order valence-electron chi connectivity index (χ1n) is 5.03. The second-order valence-corrected chi connectivity index (χ2v) is 7.41. The Morgan fingerprint density at radius 3 is 2.57 bits per heavy atom. The summed E-state index contributed by atoms with van der Waals surface area (Å²) in [5, 5.41) is 0. The summed E-state index contributed by atoms with van der Waals surface area (Å²) in [4.78, 5) is 4.81. The van der Waals surface area contributed by atoms with E-state index in [9.17, 15) is 0 Å². The lowest BCUT2D eigenvalue weighted by molar-refractivity contribution is 0.232. The Hall–Kier alpha value is -0.150.